The second kappa shape index (κ2) is 9.96. The molecule has 0 atom stereocenters. The van der Waals surface area contributed by atoms with Gasteiger partial charge in [0.1, 0.15) is 17.6 Å². The molecule has 0 spiro atoms. The zero-order valence-electron chi connectivity index (χ0n) is 14.0. The van der Waals surface area contributed by atoms with Gasteiger partial charge in [-0.2, -0.15) is 5.26 Å². The molecule has 2 aromatic carbocycles. The molecule has 0 aliphatic carbocycles. The molecule has 0 saturated heterocycles. The average Bonchev–Trinajstić information content (AvgIpc) is 2.69. The summed E-state index contributed by atoms with van der Waals surface area (Å²) in [7, 11) is 1.58. The van der Waals surface area contributed by atoms with Gasteiger partial charge in [0.25, 0.3) is 5.91 Å². The van der Waals surface area contributed by atoms with Gasteiger partial charge in [-0.3, -0.25) is 20.4 Å². The topological polar surface area (TPSA) is 100 Å². The lowest BCUT2D eigenvalue weighted by Gasteiger charge is -2.09. The minimum atomic E-state index is -0.527. The molecule has 26 heavy (non-hydrogen) atoms. The highest BCUT2D eigenvalue weighted by atomic mass is 32.2. The lowest BCUT2D eigenvalue weighted by atomic mass is 10.2. The van der Waals surface area contributed by atoms with E-state index in [0.717, 1.165) is 10.6 Å². The number of amides is 2. The van der Waals surface area contributed by atoms with Crippen molar-refractivity contribution in [1.82, 2.24) is 10.9 Å². The highest BCUT2D eigenvalue weighted by Crippen LogP contribution is 2.20. The second-order valence-electron chi connectivity index (χ2n) is 4.96. The number of carbonyl (C=O) groups is 2. The first-order valence-electron chi connectivity index (χ1n) is 7.59. The van der Waals surface area contributed by atoms with Gasteiger partial charge in [0.05, 0.1) is 18.4 Å². The Labute approximate surface area is 155 Å². The number of thioether (sulfide) groups is 1. The van der Waals surface area contributed by atoms with Crippen molar-refractivity contribution >= 4 is 23.6 Å². The maximum absolute atomic E-state index is 11.8. The van der Waals surface area contributed by atoms with Gasteiger partial charge < -0.3 is 9.47 Å². The third-order valence-corrected chi connectivity index (χ3v) is 4.15. The molecule has 0 aliphatic rings. The zero-order chi connectivity index (χ0) is 18.8. The number of carbonyl (C=O) groups excluding carboxylic acids is 2. The van der Waals surface area contributed by atoms with E-state index in [2.05, 4.69) is 10.9 Å². The number of hydrogen-bond donors (Lipinski definition) is 2. The summed E-state index contributed by atoms with van der Waals surface area (Å²) in [6, 6.07) is 15.8. The van der Waals surface area contributed by atoms with Crippen molar-refractivity contribution in [3.8, 4) is 17.6 Å². The molecule has 2 N–H and O–H groups in total. The van der Waals surface area contributed by atoms with Gasteiger partial charge in [-0.15, -0.1) is 11.8 Å². The molecule has 0 bridgehead atoms. The molecule has 2 aromatic rings. The number of nitrogens with zero attached hydrogens (tertiary/aromatic N) is 1. The molecule has 0 radical (unpaired) electrons. The van der Waals surface area contributed by atoms with Crippen LogP contribution in [0.1, 0.15) is 5.56 Å². The van der Waals surface area contributed by atoms with Gasteiger partial charge in [0.15, 0.2) is 6.61 Å². The lowest BCUT2D eigenvalue weighted by molar-refractivity contribution is -0.128. The van der Waals surface area contributed by atoms with Crippen molar-refractivity contribution in [2.24, 2.45) is 0 Å². The summed E-state index contributed by atoms with van der Waals surface area (Å²) >= 11 is 1.33. The number of hydrogen-bond acceptors (Lipinski definition) is 6. The summed E-state index contributed by atoms with van der Waals surface area (Å²) in [6.07, 6.45) is 0. The molecule has 134 valence electrons. The van der Waals surface area contributed by atoms with Crippen LogP contribution in [0.15, 0.2) is 53.4 Å². The Morgan fingerprint density at radius 2 is 1.77 bits per heavy atom. The maximum Gasteiger partial charge on any atom is 0.276 e. The van der Waals surface area contributed by atoms with E-state index in [9.17, 15) is 9.59 Å². The third kappa shape index (κ3) is 6.03. The van der Waals surface area contributed by atoms with Crippen molar-refractivity contribution in [3.05, 3.63) is 54.1 Å². The van der Waals surface area contributed by atoms with E-state index in [-0.39, 0.29) is 18.3 Å². The minimum absolute atomic E-state index is 0.144. The van der Waals surface area contributed by atoms with Crippen LogP contribution in [0.2, 0.25) is 0 Å². The average molecular weight is 371 g/mol. The van der Waals surface area contributed by atoms with Crippen molar-refractivity contribution < 1.29 is 19.1 Å². The first-order valence-corrected chi connectivity index (χ1v) is 8.57. The van der Waals surface area contributed by atoms with Crippen LogP contribution in [0.5, 0.6) is 11.5 Å². The normalized spacial score (nSPS) is 9.69. The summed E-state index contributed by atoms with van der Waals surface area (Å²) in [4.78, 5) is 24.4. The van der Waals surface area contributed by atoms with E-state index in [4.69, 9.17) is 14.7 Å². The summed E-state index contributed by atoms with van der Waals surface area (Å²) in [6.45, 7) is -0.315. The zero-order valence-corrected chi connectivity index (χ0v) is 14.8. The number of nitriles is 1. The van der Waals surface area contributed by atoms with E-state index >= 15 is 0 Å². The molecule has 7 nitrogen and oxygen atoms in total. The molecular formula is C18H17N3O4S. The predicted octanol–water partition coefficient (Wildman–Crippen LogP) is 1.89. The van der Waals surface area contributed by atoms with Gasteiger partial charge in [0, 0.05) is 4.90 Å². The Morgan fingerprint density at radius 1 is 1.08 bits per heavy atom. The van der Waals surface area contributed by atoms with E-state index in [1.165, 1.54) is 11.8 Å². The maximum atomic E-state index is 11.8. The molecule has 0 aliphatic heterocycles. The Balaban J connectivity index is 1.69. The van der Waals surface area contributed by atoms with Gasteiger partial charge >= 0.3 is 0 Å². The Morgan fingerprint density at radius 3 is 2.46 bits per heavy atom. The molecule has 2 amide bonds. The molecule has 0 aromatic heterocycles. The lowest BCUT2D eigenvalue weighted by Crippen LogP contribution is -2.44. The fraction of sp³-hybridized carbons (Fsp3) is 0.167. The second-order valence-corrected chi connectivity index (χ2v) is 6.01. The molecule has 0 unspecified atom stereocenters. The van der Waals surface area contributed by atoms with Crippen molar-refractivity contribution in [2.45, 2.75) is 4.90 Å². The number of methoxy groups -OCH3 is 1. The SMILES string of the molecule is COc1ccc(SCC(=O)NNC(=O)COc2ccccc2C#N)cc1. The number of hydrazine groups is 1. The van der Waals surface area contributed by atoms with E-state index in [1.54, 1.807) is 43.5 Å². The van der Waals surface area contributed by atoms with Gasteiger partial charge in [-0.25, -0.2) is 0 Å². The Hall–Kier alpha value is -3.18. The van der Waals surface area contributed by atoms with E-state index in [0.29, 0.717) is 11.3 Å². The van der Waals surface area contributed by atoms with Crippen LogP contribution in [0, 0.1) is 11.3 Å². The predicted molar refractivity (Wildman–Crippen MR) is 96.7 cm³/mol. The number of benzene rings is 2. The van der Waals surface area contributed by atoms with Crippen LogP contribution in [0.25, 0.3) is 0 Å². The Bertz CT molecular complexity index is 803. The fourth-order valence-electron chi connectivity index (χ4n) is 1.86. The van der Waals surface area contributed by atoms with Crippen molar-refractivity contribution in [3.63, 3.8) is 0 Å². The quantitative estimate of drug-likeness (QED) is 0.569. The van der Waals surface area contributed by atoms with E-state index in [1.807, 2.05) is 18.2 Å². The first-order chi connectivity index (χ1) is 12.6. The standard InChI is InChI=1S/C18H17N3O4S/c1-24-14-6-8-15(9-7-14)26-12-18(23)21-20-17(22)11-25-16-5-3-2-4-13(16)10-19/h2-9H,11-12H2,1H3,(H,20,22)(H,21,23). The monoisotopic (exact) mass is 371 g/mol. The van der Waals surface area contributed by atoms with Crippen molar-refractivity contribution in [2.75, 3.05) is 19.5 Å². The van der Waals surface area contributed by atoms with Crippen LogP contribution >= 0.6 is 11.8 Å². The molecule has 0 heterocycles. The van der Waals surface area contributed by atoms with Gasteiger partial charge in [0.2, 0.25) is 5.91 Å². The minimum Gasteiger partial charge on any atom is -0.497 e. The summed E-state index contributed by atoms with van der Waals surface area (Å²) < 4.78 is 10.3. The van der Waals surface area contributed by atoms with Gasteiger partial charge in [-0.05, 0) is 36.4 Å². The molecular weight excluding hydrogens is 354 g/mol. The van der Waals surface area contributed by atoms with E-state index < -0.39 is 5.91 Å². The molecule has 8 heteroatoms. The number of nitrogens with one attached hydrogen (secondary N) is 2. The van der Waals surface area contributed by atoms with Gasteiger partial charge in [-0.1, -0.05) is 12.1 Å². The molecule has 2 rings (SSSR count). The van der Waals surface area contributed by atoms with Crippen LogP contribution in [-0.2, 0) is 9.59 Å². The molecule has 0 saturated carbocycles. The first kappa shape index (κ1) is 19.1. The number of para-hydroxylation sites is 1. The van der Waals surface area contributed by atoms with Crippen LogP contribution in [0.4, 0.5) is 0 Å². The summed E-state index contributed by atoms with van der Waals surface area (Å²) in [5, 5.41) is 8.95. The largest absolute Gasteiger partial charge is 0.497 e. The molecule has 0 fully saturated rings. The smallest absolute Gasteiger partial charge is 0.276 e. The van der Waals surface area contributed by atoms with Crippen molar-refractivity contribution in [1.29, 1.82) is 5.26 Å². The highest BCUT2D eigenvalue weighted by Gasteiger charge is 2.08. The summed E-state index contributed by atoms with van der Waals surface area (Å²) in [5.74, 6) is 0.317. The fourth-order valence-corrected chi connectivity index (χ4v) is 2.56. The third-order valence-electron chi connectivity index (χ3n) is 3.14. The highest BCUT2D eigenvalue weighted by molar-refractivity contribution is 8.00. The number of rotatable bonds is 7. The van der Waals surface area contributed by atoms with Crippen LogP contribution < -0.4 is 20.3 Å². The number of ether oxygens (including phenoxy) is 2. The van der Waals surface area contributed by atoms with Crippen LogP contribution in [0.3, 0.4) is 0 Å². The Kier molecular flexibility index (Phi) is 7.33. The summed E-state index contributed by atoms with van der Waals surface area (Å²) in [5.41, 5.74) is 4.91. The van der Waals surface area contributed by atoms with Crippen LogP contribution in [-0.4, -0.2) is 31.3 Å².